The third kappa shape index (κ3) is 3.57. The molecule has 0 unspecified atom stereocenters. The van der Waals surface area contributed by atoms with Crippen LogP contribution in [0.3, 0.4) is 0 Å². The number of carbonyl (C=O) groups is 1. The van der Waals surface area contributed by atoms with Crippen molar-refractivity contribution in [1.82, 2.24) is 0 Å². The summed E-state index contributed by atoms with van der Waals surface area (Å²) in [6.45, 7) is 10.2. The number of epoxide rings is 1. The number of rotatable bonds is 4. The van der Waals surface area contributed by atoms with Crippen LogP contribution in [0, 0.1) is 34.5 Å². The van der Waals surface area contributed by atoms with Crippen molar-refractivity contribution in [2.75, 3.05) is 0 Å². The second-order valence-corrected chi connectivity index (χ2v) is 15.1. The second-order valence-electron chi connectivity index (χ2n) is 13.9. The number of allylic oxidation sites excluding steroid dienone is 1. The standard InChI is InChI=1S/C28H44O9S/c1-15(21-14-25(3)27(5,37-25)23(30)35-21)28(31)11-9-19-18-7-6-16-12-17(36-38(32,33)34)13-22(29)26(16,4)20(18)8-10-24(19,28)2/h6,15,17-21,23,30-34H,7-14H2,1-5H3/t15-,17-,18+,19-,20+,21-,23-,24+,25+,26+,27-,28+/m1/s1. The van der Waals surface area contributed by atoms with Gasteiger partial charge in [-0.2, -0.15) is 0 Å². The summed E-state index contributed by atoms with van der Waals surface area (Å²) in [6, 6.07) is 0. The zero-order valence-corrected chi connectivity index (χ0v) is 23.9. The predicted octanol–water partition coefficient (Wildman–Crippen LogP) is 4.67. The first-order valence-corrected chi connectivity index (χ1v) is 15.6. The highest BCUT2D eigenvalue weighted by Gasteiger charge is 2.74. The van der Waals surface area contributed by atoms with E-state index in [1.165, 1.54) is 0 Å². The van der Waals surface area contributed by atoms with Gasteiger partial charge in [-0.3, -0.25) is 22.6 Å². The molecular weight excluding hydrogens is 512 g/mol. The summed E-state index contributed by atoms with van der Waals surface area (Å²) in [4.78, 5) is 13.6. The summed E-state index contributed by atoms with van der Waals surface area (Å²) in [5.74, 6) is 0.490. The molecule has 4 aliphatic carbocycles. The minimum Gasteiger partial charge on any atom is -0.389 e. The third-order valence-corrected chi connectivity index (χ3v) is 13.1. The Morgan fingerprint density at radius 1 is 1.08 bits per heavy atom. The summed E-state index contributed by atoms with van der Waals surface area (Å²) in [7, 11) is 0. The summed E-state index contributed by atoms with van der Waals surface area (Å²) in [6.07, 6.45) is 5.10. The predicted molar refractivity (Wildman–Crippen MR) is 140 cm³/mol. The van der Waals surface area contributed by atoms with Crippen LogP contribution in [0.15, 0.2) is 11.6 Å². The summed E-state index contributed by atoms with van der Waals surface area (Å²) >= 11 is -4.13. The zero-order valence-electron chi connectivity index (χ0n) is 23.1. The van der Waals surface area contributed by atoms with Crippen molar-refractivity contribution in [2.45, 2.75) is 121 Å². The number of hydrogen-bond donors (Lipinski definition) is 5. The Balaban J connectivity index is 1.24. The molecule has 0 amide bonds. The fraction of sp³-hybridized carbons (Fsp3) is 0.893. The van der Waals surface area contributed by atoms with E-state index in [0.717, 1.165) is 31.3 Å². The number of ether oxygens (including phenoxy) is 2. The number of fused-ring (bicyclic) bond motifs is 6. The minimum atomic E-state index is -4.13. The minimum absolute atomic E-state index is 0.0221. The Kier molecular flexibility index (Phi) is 6.00. The smallest absolute Gasteiger partial charge is 0.216 e. The molecule has 3 saturated carbocycles. The van der Waals surface area contributed by atoms with Gasteiger partial charge in [0.25, 0.3) is 0 Å². The molecule has 6 rings (SSSR count). The van der Waals surface area contributed by atoms with Crippen LogP contribution >= 0.6 is 11.2 Å². The molecule has 0 bridgehead atoms. The Morgan fingerprint density at radius 3 is 2.42 bits per heavy atom. The van der Waals surface area contributed by atoms with Gasteiger partial charge in [-0.15, -0.1) is 0 Å². The van der Waals surface area contributed by atoms with Gasteiger partial charge in [-0.25, -0.2) is 0 Å². The van der Waals surface area contributed by atoms with Gasteiger partial charge in [-0.1, -0.05) is 25.5 Å². The van der Waals surface area contributed by atoms with Crippen LogP contribution in [0.2, 0.25) is 0 Å². The van der Waals surface area contributed by atoms with Crippen molar-refractivity contribution in [3.05, 3.63) is 11.6 Å². The van der Waals surface area contributed by atoms with Gasteiger partial charge in [0.15, 0.2) is 6.29 Å². The average Bonchev–Trinajstić information content (AvgIpc) is 3.28. The molecule has 5 N–H and O–H groups in total. The normalized spacial score (nSPS) is 55.2. The van der Waals surface area contributed by atoms with Crippen molar-refractivity contribution in [2.24, 2.45) is 34.5 Å². The van der Waals surface area contributed by atoms with Crippen molar-refractivity contribution in [3.8, 4) is 0 Å². The molecule has 0 radical (unpaired) electrons. The third-order valence-electron chi connectivity index (χ3n) is 12.5. The first kappa shape index (κ1) is 27.6. The van der Waals surface area contributed by atoms with Crippen LogP contribution in [0.4, 0.5) is 0 Å². The number of hydrogen-bond acceptors (Lipinski definition) is 9. The molecular formula is C28H44O9S. The molecule has 5 fully saturated rings. The molecule has 12 atom stereocenters. The van der Waals surface area contributed by atoms with Gasteiger partial charge in [0.1, 0.15) is 17.0 Å². The van der Waals surface area contributed by atoms with Crippen LogP contribution in [0.1, 0.15) is 86.0 Å². The first-order chi connectivity index (χ1) is 17.5. The summed E-state index contributed by atoms with van der Waals surface area (Å²) in [5, 5.41) is 23.1. The highest BCUT2D eigenvalue weighted by atomic mass is 32.3. The van der Waals surface area contributed by atoms with E-state index < -0.39 is 45.8 Å². The lowest BCUT2D eigenvalue weighted by atomic mass is 9.46. The molecule has 2 heterocycles. The summed E-state index contributed by atoms with van der Waals surface area (Å²) < 4.78 is 45.1. The van der Waals surface area contributed by atoms with Gasteiger partial charge >= 0.3 is 0 Å². The molecule has 2 aliphatic heterocycles. The van der Waals surface area contributed by atoms with Crippen molar-refractivity contribution in [1.29, 1.82) is 0 Å². The molecule has 0 aromatic carbocycles. The van der Waals surface area contributed by atoms with Crippen LogP contribution in [0.25, 0.3) is 0 Å². The lowest BCUT2D eigenvalue weighted by Gasteiger charge is -2.59. The maximum Gasteiger partial charge on any atom is 0.216 e. The topological polar surface area (TPSA) is 149 Å². The number of Topliss-reactive ketones (excluding diaryl/α,β-unsaturated/α-hetero) is 1. The Morgan fingerprint density at radius 2 is 1.76 bits per heavy atom. The van der Waals surface area contributed by atoms with E-state index in [-0.39, 0.29) is 47.4 Å². The maximum absolute atomic E-state index is 13.6. The van der Waals surface area contributed by atoms with Gasteiger partial charge in [-0.05, 0) is 82.5 Å². The second kappa shape index (κ2) is 8.26. The molecule has 38 heavy (non-hydrogen) atoms. The quantitative estimate of drug-likeness (QED) is 0.246. The number of aliphatic hydroxyl groups is 2. The van der Waals surface area contributed by atoms with Crippen LogP contribution in [0.5, 0.6) is 0 Å². The Bertz CT molecular complexity index is 1060. The summed E-state index contributed by atoms with van der Waals surface area (Å²) in [5.41, 5.74) is -2.10. The van der Waals surface area contributed by atoms with Gasteiger partial charge in [0.2, 0.25) is 11.2 Å². The average molecular weight is 557 g/mol. The SMILES string of the molecule is C[C@H]([C@H]1C[C@]2(C)O[C@]2(C)[C@H](O)O1)[C@@]1(O)CC[C@@H]2[C@@H]3CC=C4C[C@@H](OS(O)(O)O)CC(=O)[C@]4(C)[C@H]3CC[C@@]21C. The molecule has 6 aliphatic rings. The largest absolute Gasteiger partial charge is 0.389 e. The van der Waals surface area contributed by atoms with Crippen molar-refractivity contribution in [3.63, 3.8) is 0 Å². The lowest BCUT2D eigenvalue weighted by molar-refractivity contribution is -0.231. The van der Waals surface area contributed by atoms with Crippen LogP contribution < -0.4 is 0 Å². The van der Waals surface area contributed by atoms with E-state index in [4.69, 9.17) is 13.7 Å². The Hall–Kier alpha value is -0.560. The molecule has 2 saturated heterocycles. The lowest BCUT2D eigenvalue weighted by Crippen LogP contribution is -2.60. The van der Waals surface area contributed by atoms with Gasteiger partial charge < -0.3 is 19.7 Å². The molecule has 0 spiro atoms. The van der Waals surface area contributed by atoms with Crippen molar-refractivity contribution >= 4 is 16.9 Å². The van der Waals surface area contributed by atoms with E-state index in [1.807, 2.05) is 20.8 Å². The molecule has 9 nitrogen and oxygen atoms in total. The zero-order chi connectivity index (χ0) is 27.7. The van der Waals surface area contributed by atoms with E-state index in [9.17, 15) is 28.7 Å². The fourth-order valence-electron chi connectivity index (χ4n) is 9.86. The van der Waals surface area contributed by atoms with E-state index >= 15 is 0 Å². The fourth-order valence-corrected chi connectivity index (χ4v) is 10.4. The first-order valence-electron chi connectivity index (χ1n) is 14.2. The monoisotopic (exact) mass is 556 g/mol. The van der Waals surface area contributed by atoms with Gasteiger partial charge in [0, 0.05) is 18.8 Å². The van der Waals surface area contributed by atoms with Crippen molar-refractivity contribution < 1.29 is 42.3 Å². The van der Waals surface area contributed by atoms with Gasteiger partial charge in [0.05, 0.1) is 23.2 Å². The van der Waals surface area contributed by atoms with E-state index in [1.54, 1.807) is 0 Å². The highest BCUT2D eigenvalue weighted by Crippen LogP contribution is 2.69. The van der Waals surface area contributed by atoms with E-state index in [0.29, 0.717) is 19.3 Å². The molecule has 10 heteroatoms. The Labute approximate surface area is 226 Å². The maximum atomic E-state index is 13.6. The number of ketones is 1. The molecule has 0 aromatic heterocycles. The van der Waals surface area contributed by atoms with Crippen LogP contribution in [-0.4, -0.2) is 65.0 Å². The highest BCUT2D eigenvalue weighted by molar-refractivity contribution is 8.15. The molecule has 0 aromatic rings. The number of carbonyl (C=O) groups excluding carboxylic acids is 1. The number of aliphatic hydroxyl groups excluding tert-OH is 1. The van der Waals surface area contributed by atoms with Crippen LogP contribution in [-0.2, 0) is 18.5 Å². The van der Waals surface area contributed by atoms with E-state index in [2.05, 4.69) is 19.9 Å². The molecule has 216 valence electrons.